The molecular formula is C7H16NO11P. The smallest absolute Gasteiger partial charge is 0.440 e. The summed E-state index contributed by atoms with van der Waals surface area (Å²) in [7, 11) is -4.64. The summed E-state index contributed by atoms with van der Waals surface area (Å²) >= 11 is 0. The summed E-state index contributed by atoms with van der Waals surface area (Å²) in [6, 6.07) is 0. The molecule has 120 valence electrons. The van der Waals surface area contributed by atoms with Crippen molar-refractivity contribution in [1.29, 1.82) is 0 Å². The Kier molecular flexibility index (Phi) is 10.3. The molecule has 20 heavy (non-hydrogen) atoms. The topological polar surface area (TPSA) is 228 Å². The van der Waals surface area contributed by atoms with Crippen molar-refractivity contribution >= 4 is 20.2 Å². The molecule has 0 aliphatic rings. The molecule has 0 aromatic heterocycles. The molecule has 9 N–H and O–H groups in total. The van der Waals surface area contributed by atoms with Gasteiger partial charge in [0.2, 0.25) is 0 Å². The molecule has 1 amide bonds. The predicted molar refractivity (Wildman–Crippen MR) is 59.9 cm³/mol. The van der Waals surface area contributed by atoms with Crippen molar-refractivity contribution in [3.63, 3.8) is 0 Å². The summed E-state index contributed by atoms with van der Waals surface area (Å²) in [5.41, 5.74) is 4.62. The molecule has 0 spiro atoms. The molecule has 0 aliphatic carbocycles. The largest absolute Gasteiger partial charge is 0.466 e. The number of hydrogen-bond donors (Lipinski definition) is 8. The van der Waals surface area contributed by atoms with Gasteiger partial charge in [0.05, 0.1) is 6.61 Å². The third-order valence-corrected chi connectivity index (χ3v) is 1.65. The van der Waals surface area contributed by atoms with Crippen LogP contribution in [0.2, 0.25) is 0 Å². The average molecular weight is 321 g/mol. The van der Waals surface area contributed by atoms with Crippen molar-refractivity contribution in [2.45, 2.75) is 24.4 Å². The number of aliphatic hydroxyl groups excluding tert-OH is 4. The highest BCUT2D eigenvalue weighted by Gasteiger charge is 2.34. The van der Waals surface area contributed by atoms with E-state index < -0.39 is 44.9 Å². The third kappa shape index (κ3) is 12.0. The van der Waals surface area contributed by atoms with E-state index in [1.54, 1.807) is 0 Å². The highest BCUT2D eigenvalue weighted by molar-refractivity contribution is 7.45. The van der Waals surface area contributed by atoms with Gasteiger partial charge in [-0.2, -0.15) is 0 Å². The first-order valence-electron chi connectivity index (χ1n) is 4.78. The van der Waals surface area contributed by atoms with Gasteiger partial charge in [-0.25, -0.2) is 9.36 Å². The van der Waals surface area contributed by atoms with Crippen molar-refractivity contribution in [3.05, 3.63) is 0 Å². The van der Waals surface area contributed by atoms with E-state index in [9.17, 15) is 14.7 Å². The lowest BCUT2D eigenvalue weighted by molar-refractivity contribution is -0.136. The van der Waals surface area contributed by atoms with Gasteiger partial charge in [-0.15, -0.1) is 0 Å². The van der Waals surface area contributed by atoms with Crippen LogP contribution in [0, 0.1) is 0 Å². The van der Waals surface area contributed by atoms with Gasteiger partial charge >= 0.3 is 13.9 Å². The minimum absolute atomic E-state index is 0.000914. The van der Waals surface area contributed by atoms with E-state index in [2.05, 4.69) is 10.5 Å². The van der Waals surface area contributed by atoms with Gasteiger partial charge < -0.3 is 50.4 Å². The minimum Gasteiger partial charge on any atom is -0.440 e. The number of phosphoric acid groups is 1. The van der Waals surface area contributed by atoms with E-state index in [1.807, 2.05) is 0 Å². The molecule has 0 fully saturated rings. The number of carbonyl (C=O) groups excluding carboxylic acids is 2. The van der Waals surface area contributed by atoms with E-state index >= 15 is 0 Å². The van der Waals surface area contributed by atoms with E-state index in [0.29, 0.717) is 0 Å². The zero-order chi connectivity index (χ0) is 16.5. The van der Waals surface area contributed by atoms with E-state index in [-0.39, 0.29) is 6.29 Å². The second-order valence-electron chi connectivity index (χ2n) is 3.28. The molecule has 4 atom stereocenters. The number of primary amides is 1. The van der Waals surface area contributed by atoms with Crippen molar-refractivity contribution in [2.24, 2.45) is 5.73 Å². The first-order valence-corrected chi connectivity index (χ1v) is 6.35. The van der Waals surface area contributed by atoms with Crippen LogP contribution >= 0.6 is 7.82 Å². The normalized spacial score (nSPS) is 16.9. The van der Waals surface area contributed by atoms with E-state index in [0.717, 1.165) is 0 Å². The molecule has 0 aliphatic heterocycles. The lowest BCUT2D eigenvalue weighted by Crippen LogP contribution is -2.49. The van der Waals surface area contributed by atoms with Gasteiger partial charge in [-0.05, 0) is 0 Å². The van der Waals surface area contributed by atoms with Crippen LogP contribution in [-0.4, -0.2) is 78.5 Å². The Morgan fingerprint density at radius 3 is 1.90 bits per heavy atom. The number of ether oxygens (including phenoxy) is 1. The first kappa shape index (κ1) is 21.2. The first-order chi connectivity index (χ1) is 8.93. The van der Waals surface area contributed by atoms with Crippen molar-refractivity contribution in [3.8, 4) is 0 Å². The molecule has 0 aromatic carbocycles. The van der Waals surface area contributed by atoms with Gasteiger partial charge in [0.15, 0.2) is 12.4 Å². The molecule has 0 heterocycles. The quantitative estimate of drug-likeness (QED) is 0.173. The Hall–Kier alpha value is -1.11. The highest BCUT2D eigenvalue weighted by atomic mass is 31.2. The van der Waals surface area contributed by atoms with Crippen LogP contribution in [0.15, 0.2) is 0 Å². The second-order valence-corrected chi connectivity index (χ2v) is 4.31. The van der Waals surface area contributed by atoms with Crippen LogP contribution < -0.4 is 5.73 Å². The molecule has 0 aromatic rings. The fraction of sp³-hybridized carbons (Fsp3) is 0.714. The Bertz CT molecular complexity index is 335. The van der Waals surface area contributed by atoms with Gasteiger partial charge in [-0.3, -0.25) is 0 Å². The van der Waals surface area contributed by atoms with Gasteiger partial charge in [0.1, 0.15) is 18.3 Å². The number of carbonyl (C=O) groups is 2. The van der Waals surface area contributed by atoms with E-state index in [1.165, 1.54) is 0 Å². The molecule has 0 saturated carbocycles. The maximum atomic E-state index is 10.4. The van der Waals surface area contributed by atoms with Gasteiger partial charge in [0, 0.05) is 0 Å². The van der Waals surface area contributed by atoms with Crippen LogP contribution in [0.3, 0.4) is 0 Å². The molecule has 0 saturated heterocycles. The lowest BCUT2D eigenvalue weighted by atomic mass is 10.0. The maximum Gasteiger partial charge on any atom is 0.466 e. The Morgan fingerprint density at radius 2 is 1.65 bits per heavy atom. The maximum absolute atomic E-state index is 10.4. The second kappa shape index (κ2) is 9.74. The third-order valence-electron chi connectivity index (χ3n) is 1.65. The summed E-state index contributed by atoms with van der Waals surface area (Å²) in [5.74, 6) is 0. The van der Waals surface area contributed by atoms with Crippen LogP contribution in [0.5, 0.6) is 0 Å². The van der Waals surface area contributed by atoms with Crippen LogP contribution in [0.25, 0.3) is 0 Å². The molecule has 0 rings (SSSR count). The number of hydrogen-bond acceptors (Lipinski definition) is 8. The van der Waals surface area contributed by atoms with Gasteiger partial charge in [-0.1, -0.05) is 0 Å². The molecule has 12 nitrogen and oxygen atoms in total. The fourth-order valence-corrected chi connectivity index (χ4v) is 0.880. The van der Waals surface area contributed by atoms with Crippen molar-refractivity contribution in [1.82, 2.24) is 0 Å². The van der Waals surface area contributed by atoms with Crippen LogP contribution in [0.4, 0.5) is 4.79 Å². The summed E-state index contributed by atoms with van der Waals surface area (Å²) < 4.78 is 13.1. The highest BCUT2D eigenvalue weighted by Crippen LogP contribution is 2.25. The molecular weight excluding hydrogens is 305 g/mol. The van der Waals surface area contributed by atoms with Crippen molar-refractivity contribution in [2.75, 3.05) is 6.61 Å². The standard InChI is InChI=1S/C7H13NO7.H3O4P/c8-7(14)15-6(4(12)2-10)5(13)3(11)1-9;1-5(2,3)4/h2-6,9,11-13H,1H2,(H2,8,14);(H3,1,2,3,4). The Morgan fingerprint density at radius 1 is 1.25 bits per heavy atom. The zero-order valence-corrected chi connectivity index (χ0v) is 10.8. The van der Waals surface area contributed by atoms with Crippen molar-refractivity contribution < 1.29 is 54.0 Å². The Labute approximate surface area is 112 Å². The molecule has 4 unspecified atom stereocenters. The minimum atomic E-state index is -4.64. The van der Waals surface area contributed by atoms with E-state index in [4.69, 9.17) is 34.6 Å². The number of rotatable bonds is 6. The fourth-order valence-electron chi connectivity index (χ4n) is 0.880. The predicted octanol–water partition coefficient (Wildman–Crippen LogP) is -4.20. The molecule has 0 bridgehead atoms. The molecule has 13 heteroatoms. The number of aliphatic hydroxyl groups is 4. The summed E-state index contributed by atoms with van der Waals surface area (Å²) in [5, 5.41) is 35.8. The summed E-state index contributed by atoms with van der Waals surface area (Å²) in [6.07, 6.45) is -8.37. The zero-order valence-electron chi connectivity index (χ0n) is 9.88. The number of amides is 1. The summed E-state index contributed by atoms with van der Waals surface area (Å²) in [6.45, 7) is -0.828. The Balaban J connectivity index is 0. The average Bonchev–Trinajstić information content (AvgIpc) is 2.30. The van der Waals surface area contributed by atoms with Crippen LogP contribution in [-0.2, 0) is 14.1 Å². The van der Waals surface area contributed by atoms with Crippen LogP contribution in [0.1, 0.15) is 0 Å². The lowest BCUT2D eigenvalue weighted by Gasteiger charge is -2.26. The SMILES string of the molecule is NC(=O)OC(C(O)C=O)C(O)C(O)CO.O=P(O)(O)O. The number of nitrogens with two attached hydrogens (primary N) is 1. The monoisotopic (exact) mass is 321 g/mol. The molecule has 0 radical (unpaired) electrons. The summed E-state index contributed by atoms with van der Waals surface area (Å²) in [4.78, 5) is 42.1. The number of aldehydes is 1. The van der Waals surface area contributed by atoms with Gasteiger partial charge in [0.25, 0.3) is 0 Å².